The average molecular weight is 1250 g/mol. The molecule has 2 unspecified atom stereocenters. The third-order valence-electron chi connectivity index (χ3n) is 19.5. The molecular formula is C83H161NO5. The molecule has 0 bridgehead atoms. The van der Waals surface area contributed by atoms with Crippen molar-refractivity contribution >= 4 is 11.9 Å². The third-order valence-corrected chi connectivity index (χ3v) is 19.5. The Labute approximate surface area is 558 Å². The van der Waals surface area contributed by atoms with Gasteiger partial charge < -0.3 is 20.3 Å². The lowest BCUT2D eigenvalue weighted by molar-refractivity contribution is -0.143. The van der Waals surface area contributed by atoms with E-state index in [9.17, 15) is 19.8 Å². The van der Waals surface area contributed by atoms with E-state index in [1.807, 2.05) is 6.08 Å². The maximum Gasteiger partial charge on any atom is 0.305 e. The lowest BCUT2D eigenvalue weighted by Gasteiger charge is -2.20. The van der Waals surface area contributed by atoms with Gasteiger partial charge in [0.25, 0.3) is 0 Å². The van der Waals surface area contributed by atoms with Crippen molar-refractivity contribution in [2.24, 2.45) is 0 Å². The highest BCUT2D eigenvalue weighted by molar-refractivity contribution is 5.76. The first-order chi connectivity index (χ1) is 44.0. The molecule has 0 spiro atoms. The fourth-order valence-corrected chi connectivity index (χ4v) is 13.2. The monoisotopic (exact) mass is 1250 g/mol. The zero-order valence-corrected chi connectivity index (χ0v) is 60.7. The number of aliphatic hydroxyl groups is 2. The van der Waals surface area contributed by atoms with Gasteiger partial charge in [-0.2, -0.15) is 0 Å². The molecule has 0 aliphatic carbocycles. The molecule has 1 amide bonds. The van der Waals surface area contributed by atoms with Crippen LogP contribution in [0.3, 0.4) is 0 Å². The minimum absolute atomic E-state index is 0.0131. The molecule has 0 fully saturated rings. The molecular weight excluding hydrogens is 1090 g/mol. The number of carbonyl (C=O) groups excluding carboxylic acids is 2. The van der Waals surface area contributed by atoms with E-state index in [2.05, 4.69) is 31.3 Å². The van der Waals surface area contributed by atoms with Gasteiger partial charge in [-0.3, -0.25) is 9.59 Å². The molecule has 0 aromatic heterocycles. The second-order valence-electron chi connectivity index (χ2n) is 28.5. The van der Waals surface area contributed by atoms with Crippen molar-refractivity contribution in [1.29, 1.82) is 0 Å². The molecule has 0 aliphatic rings. The number of carbonyl (C=O) groups is 2. The highest BCUT2D eigenvalue weighted by atomic mass is 16.5. The molecule has 89 heavy (non-hydrogen) atoms. The van der Waals surface area contributed by atoms with Gasteiger partial charge in [-0.25, -0.2) is 0 Å². The summed E-state index contributed by atoms with van der Waals surface area (Å²) in [6.45, 7) is 4.93. The van der Waals surface area contributed by atoms with Crippen molar-refractivity contribution in [3.8, 4) is 0 Å². The van der Waals surface area contributed by atoms with Gasteiger partial charge in [0.15, 0.2) is 0 Å². The van der Waals surface area contributed by atoms with Crippen molar-refractivity contribution in [1.82, 2.24) is 5.32 Å². The summed E-state index contributed by atoms with van der Waals surface area (Å²) in [6, 6.07) is -0.625. The summed E-state index contributed by atoms with van der Waals surface area (Å²) >= 11 is 0. The van der Waals surface area contributed by atoms with Gasteiger partial charge in [-0.05, 0) is 57.8 Å². The predicted molar refractivity (Wildman–Crippen MR) is 393 cm³/mol. The van der Waals surface area contributed by atoms with E-state index in [1.54, 1.807) is 6.08 Å². The Hall–Kier alpha value is -1.66. The first-order valence-electron chi connectivity index (χ1n) is 41.1. The van der Waals surface area contributed by atoms with Crippen LogP contribution in [0.25, 0.3) is 0 Å². The van der Waals surface area contributed by atoms with Crippen LogP contribution in [0.4, 0.5) is 0 Å². The second-order valence-corrected chi connectivity index (χ2v) is 28.5. The van der Waals surface area contributed by atoms with Gasteiger partial charge in [0.1, 0.15) is 0 Å². The molecule has 0 aromatic rings. The van der Waals surface area contributed by atoms with Gasteiger partial charge in [-0.1, -0.05) is 423 Å². The molecule has 528 valence electrons. The number of nitrogens with one attached hydrogen (secondary N) is 1. The molecule has 0 rings (SSSR count). The maximum atomic E-state index is 12.6. The third kappa shape index (κ3) is 75.3. The Morgan fingerprint density at radius 1 is 0.303 bits per heavy atom. The van der Waals surface area contributed by atoms with Crippen LogP contribution >= 0.6 is 0 Å². The van der Waals surface area contributed by atoms with Crippen molar-refractivity contribution < 1.29 is 24.5 Å². The number of allylic oxidation sites excluding steroid dienone is 3. The summed E-state index contributed by atoms with van der Waals surface area (Å²) in [5.41, 5.74) is 0. The van der Waals surface area contributed by atoms with Gasteiger partial charge in [-0.15, -0.1) is 0 Å². The Kier molecular flexibility index (Phi) is 77.3. The molecule has 0 saturated carbocycles. The van der Waals surface area contributed by atoms with Crippen LogP contribution in [0, 0.1) is 0 Å². The predicted octanol–water partition coefficient (Wildman–Crippen LogP) is 27.2. The van der Waals surface area contributed by atoms with E-state index in [0.29, 0.717) is 19.4 Å². The summed E-state index contributed by atoms with van der Waals surface area (Å²) in [7, 11) is 0. The fraction of sp³-hybridized carbons (Fsp3) is 0.928. The number of unbranched alkanes of at least 4 members (excludes halogenated alkanes) is 65. The Morgan fingerprint density at radius 3 is 0.820 bits per heavy atom. The van der Waals surface area contributed by atoms with E-state index >= 15 is 0 Å². The summed E-state index contributed by atoms with van der Waals surface area (Å²) < 4.78 is 5.48. The Bertz CT molecular complexity index is 1400. The molecule has 3 N–H and O–H groups in total. The topological polar surface area (TPSA) is 95.9 Å². The number of amides is 1. The molecule has 6 heteroatoms. The number of esters is 1. The van der Waals surface area contributed by atoms with Crippen molar-refractivity contribution in [3.05, 3.63) is 24.3 Å². The number of rotatable bonds is 78. The molecule has 0 heterocycles. The molecule has 0 saturated heterocycles. The SMILES string of the molecule is CCCCC/C=C\CCCCCCCC(=O)OCCCCCCCCCCCCCCCCCCCCCCCCCCCCCCCCCCCCCC(=O)NC(CO)C(O)/C=C/CCCCCCCCCCCCCCCCCCCCCCCCC. The van der Waals surface area contributed by atoms with Gasteiger partial charge >= 0.3 is 5.97 Å². The second kappa shape index (κ2) is 78.8. The van der Waals surface area contributed by atoms with Crippen molar-refractivity contribution in [3.63, 3.8) is 0 Å². The van der Waals surface area contributed by atoms with Crippen LogP contribution in [0.2, 0.25) is 0 Å². The first kappa shape index (κ1) is 87.3. The van der Waals surface area contributed by atoms with E-state index in [1.165, 1.54) is 398 Å². The number of aliphatic hydroxyl groups excluding tert-OH is 2. The van der Waals surface area contributed by atoms with Crippen LogP contribution in [-0.4, -0.2) is 47.4 Å². The Balaban J connectivity index is 3.34. The average Bonchev–Trinajstić information content (AvgIpc) is 3.65. The largest absolute Gasteiger partial charge is 0.466 e. The molecule has 6 nitrogen and oxygen atoms in total. The standard InChI is InChI=1S/C83H161NO5/c1-3-5-7-9-11-13-15-17-18-19-20-21-22-34-37-40-43-46-49-52-55-59-63-67-71-75-81(86)80(79-85)84-82(87)76-72-68-64-60-56-53-50-47-44-41-38-35-32-30-28-26-24-23-25-27-29-31-33-36-39-42-45-48-51-54-58-62-66-70-74-78-89-83(88)77-73-69-65-61-57-16-14-12-10-8-6-4-2/h12,14,71,75,80-81,85-86H,3-11,13,15-70,72-74,76-79H2,1-2H3,(H,84,87)/b14-12-,75-71+. The molecule has 0 aromatic carbocycles. The van der Waals surface area contributed by atoms with Crippen molar-refractivity contribution in [2.45, 2.75) is 482 Å². The quantitative estimate of drug-likeness (QED) is 0.0320. The van der Waals surface area contributed by atoms with Gasteiger partial charge in [0, 0.05) is 12.8 Å². The minimum Gasteiger partial charge on any atom is -0.466 e. The van der Waals surface area contributed by atoms with Crippen LogP contribution in [0.1, 0.15) is 470 Å². The zero-order chi connectivity index (χ0) is 64.2. The van der Waals surface area contributed by atoms with Crippen LogP contribution in [-0.2, 0) is 14.3 Å². The highest BCUT2D eigenvalue weighted by Gasteiger charge is 2.18. The zero-order valence-electron chi connectivity index (χ0n) is 60.7. The van der Waals surface area contributed by atoms with Crippen LogP contribution in [0.5, 0.6) is 0 Å². The lowest BCUT2D eigenvalue weighted by atomic mass is 10.0. The van der Waals surface area contributed by atoms with Gasteiger partial charge in [0.2, 0.25) is 5.91 Å². The normalized spacial score (nSPS) is 12.5. The smallest absolute Gasteiger partial charge is 0.305 e. The molecule has 2 atom stereocenters. The molecule has 0 radical (unpaired) electrons. The van der Waals surface area contributed by atoms with Gasteiger partial charge in [0.05, 0.1) is 25.4 Å². The maximum absolute atomic E-state index is 12.6. The summed E-state index contributed by atoms with van der Waals surface area (Å²) in [5.74, 6) is -0.0438. The molecule has 0 aliphatic heterocycles. The van der Waals surface area contributed by atoms with E-state index in [-0.39, 0.29) is 18.5 Å². The lowest BCUT2D eigenvalue weighted by Crippen LogP contribution is -2.45. The minimum atomic E-state index is -0.842. The van der Waals surface area contributed by atoms with Crippen LogP contribution in [0.15, 0.2) is 24.3 Å². The van der Waals surface area contributed by atoms with Crippen molar-refractivity contribution in [2.75, 3.05) is 13.2 Å². The van der Waals surface area contributed by atoms with E-state index < -0.39 is 12.1 Å². The summed E-state index contributed by atoms with van der Waals surface area (Å²) in [5, 5.41) is 23.3. The number of ether oxygens (including phenoxy) is 1. The highest BCUT2D eigenvalue weighted by Crippen LogP contribution is 2.20. The Morgan fingerprint density at radius 2 is 0.528 bits per heavy atom. The summed E-state index contributed by atoms with van der Waals surface area (Å²) in [4.78, 5) is 24.6. The fourth-order valence-electron chi connectivity index (χ4n) is 13.2. The number of hydrogen-bond donors (Lipinski definition) is 3. The summed E-state index contributed by atoms with van der Waals surface area (Å²) in [6.07, 6.45) is 102. The van der Waals surface area contributed by atoms with E-state index in [0.717, 1.165) is 44.9 Å². The number of hydrogen-bond acceptors (Lipinski definition) is 5. The first-order valence-corrected chi connectivity index (χ1v) is 41.1. The van der Waals surface area contributed by atoms with E-state index in [4.69, 9.17) is 4.74 Å². The van der Waals surface area contributed by atoms with Crippen LogP contribution < -0.4 is 5.32 Å².